The second-order valence-corrected chi connectivity index (χ2v) is 7.42. The molecule has 34 heavy (non-hydrogen) atoms. The Morgan fingerprint density at radius 1 is 0.618 bits per heavy atom. The van der Waals surface area contributed by atoms with Crippen molar-refractivity contribution in [1.82, 2.24) is 10.9 Å². The van der Waals surface area contributed by atoms with Crippen molar-refractivity contribution in [3.63, 3.8) is 0 Å². The third-order valence-electron chi connectivity index (χ3n) is 5.38. The van der Waals surface area contributed by atoms with Crippen LogP contribution >= 0.6 is 0 Å². The van der Waals surface area contributed by atoms with Gasteiger partial charge in [-0.1, -0.05) is 60.7 Å². The quantitative estimate of drug-likeness (QED) is 0.309. The molecule has 0 bridgehead atoms. The standard InChI is InChI=1S/C26H24N4O4/c1-33-21-13-7-3-9-17(21)15-27-29-23-19-11-5-6-12-20(19)24(26(32)25(23)31)30-28-16-18-10-4-8-14-22(18)34-2/h3-14,27-28H,15-16H2,1-2H3. The molecule has 4 rings (SSSR count). The minimum absolute atomic E-state index is 0.0548. The van der Waals surface area contributed by atoms with Crippen LogP contribution in [0.2, 0.25) is 0 Å². The Balaban J connectivity index is 1.70. The van der Waals surface area contributed by atoms with Crippen molar-refractivity contribution in [3.05, 3.63) is 115 Å². The fourth-order valence-corrected chi connectivity index (χ4v) is 3.68. The van der Waals surface area contributed by atoms with Crippen molar-refractivity contribution in [2.24, 2.45) is 10.2 Å². The SMILES string of the molecule is COc1ccccc1CNN=c1c(=O)c(=O)c(=NNCc2ccccc2OC)c2ccccc12. The van der Waals surface area contributed by atoms with Gasteiger partial charge in [-0.25, -0.2) is 0 Å². The van der Waals surface area contributed by atoms with Gasteiger partial charge in [-0.2, -0.15) is 10.2 Å². The number of ether oxygens (including phenoxy) is 2. The lowest BCUT2D eigenvalue weighted by Gasteiger charge is -2.08. The zero-order valence-electron chi connectivity index (χ0n) is 18.9. The molecule has 2 N–H and O–H groups in total. The minimum Gasteiger partial charge on any atom is -0.496 e. The summed E-state index contributed by atoms with van der Waals surface area (Å²) >= 11 is 0. The van der Waals surface area contributed by atoms with Gasteiger partial charge in [-0.3, -0.25) is 9.59 Å². The van der Waals surface area contributed by atoms with E-state index in [1.54, 1.807) is 38.5 Å². The van der Waals surface area contributed by atoms with E-state index in [2.05, 4.69) is 21.1 Å². The topological polar surface area (TPSA) is 101 Å². The number of hydrogen-bond donors (Lipinski definition) is 2. The maximum absolute atomic E-state index is 12.9. The number of para-hydroxylation sites is 2. The Labute approximate surface area is 195 Å². The second-order valence-electron chi connectivity index (χ2n) is 7.42. The molecule has 0 aromatic heterocycles. The molecule has 0 spiro atoms. The van der Waals surface area contributed by atoms with E-state index in [1.165, 1.54) is 0 Å². The van der Waals surface area contributed by atoms with Crippen molar-refractivity contribution in [3.8, 4) is 11.5 Å². The summed E-state index contributed by atoms with van der Waals surface area (Å²) in [6, 6.07) is 22.1. The lowest BCUT2D eigenvalue weighted by molar-refractivity contribution is 0.408. The van der Waals surface area contributed by atoms with E-state index in [0.29, 0.717) is 35.4 Å². The molecule has 4 aromatic carbocycles. The van der Waals surface area contributed by atoms with E-state index in [4.69, 9.17) is 9.47 Å². The highest BCUT2D eigenvalue weighted by Crippen LogP contribution is 2.17. The van der Waals surface area contributed by atoms with Crippen LogP contribution in [0.25, 0.3) is 10.8 Å². The van der Waals surface area contributed by atoms with Crippen molar-refractivity contribution < 1.29 is 9.47 Å². The van der Waals surface area contributed by atoms with Gasteiger partial charge in [0.1, 0.15) is 22.2 Å². The normalized spacial score (nSPS) is 12.1. The summed E-state index contributed by atoms with van der Waals surface area (Å²) in [5.74, 6) is 1.41. The monoisotopic (exact) mass is 456 g/mol. The Hall–Kier alpha value is -4.46. The summed E-state index contributed by atoms with van der Waals surface area (Å²) in [6.07, 6.45) is 0. The first-order chi connectivity index (χ1) is 16.6. The fourth-order valence-electron chi connectivity index (χ4n) is 3.68. The molecular formula is C26H24N4O4. The highest BCUT2D eigenvalue weighted by Gasteiger charge is 2.10. The van der Waals surface area contributed by atoms with Gasteiger partial charge in [0.2, 0.25) is 0 Å². The number of methoxy groups -OCH3 is 2. The number of fused-ring (bicyclic) bond motifs is 1. The number of hydrogen-bond acceptors (Lipinski definition) is 8. The molecule has 8 heteroatoms. The van der Waals surface area contributed by atoms with Crippen LogP contribution in [-0.4, -0.2) is 14.2 Å². The van der Waals surface area contributed by atoms with Crippen LogP contribution in [0.5, 0.6) is 11.5 Å². The first kappa shape index (κ1) is 22.7. The van der Waals surface area contributed by atoms with E-state index < -0.39 is 10.9 Å². The maximum Gasteiger partial charge on any atom is 0.255 e. The summed E-state index contributed by atoms with van der Waals surface area (Å²) in [6.45, 7) is 0.664. The zero-order valence-corrected chi connectivity index (χ0v) is 18.9. The molecule has 0 unspecified atom stereocenters. The van der Waals surface area contributed by atoms with Crippen LogP contribution in [0.4, 0.5) is 0 Å². The van der Waals surface area contributed by atoms with Crippen LogP contribution in [0, 0.1) is 0 Å². The van der Waals surface area contributed by atoms with E-state index in [-0.39, 0.29) is 10.7 Å². The molecule has 0 radical (unpaired) electrons. The molecular weight excluding hydrogens is 432 g/mol. The molecule has 0 aliphatic heterocycles. The van der Waals surface area contributed by atoms with Gasteiger partial charge in [0.25, 0.3) is 10.9 Å². The molecule has 0 aliphatic carbocycles. The van der Waals surface area contributed by atoms with Crippen molar-refractivity contribution in [2.45, 2.75) is 13.1 Å². The van der Waals surface area contributed by atoms with Gasteiger partial charge in [0, 0.05) is 21.9 Å². The average Bonchev–Trinajstić information content (AvgIpc) is 2.88. The molecule has 0 aliphatic rings. The number of nitrogens with one attached hydrogen (secondary N) is 2. The largest absolute Gasteiger partial charge is 0.496 e. The molecule has 0 saturated carbocycles. The first-order valence-corrected chi connectivity index (χ1v) is 10.7. The lowest BCUT2D eigenvalue weighted by Crippen LogP contribution is -2.49. The molecule has 0 heterocycles. The van der Waals surface area contributed by atoms with E-state index in [0.717, 1.165) is 11.1 Å². The minimum atomic E-state index is -0.718. The molecule has 4 aromatic rings. The smallest absolute Gasteiger partial charge is 0.255 e. The lowest BCUT2D eigenvalue weighted by atomic mass is 10.1. The Morgan fingerprint density at radius 2 is 1.00 bits per heavy atom. The molecule has 0 fully saturated rings. The number of rotatable bonds is 8. The predicted molar refractivity (Wildman–Crippen MR) is 130 cm³/mol. The van der Waals surface area contributed by atoms with Gasteiger partial charge in [-0.15, -0.1) is 0 Å². The predicted octanol–water partition coefficient (Wildman–Crippen LogP) is 1.66. The average molecular weight is 457 g/mol. The Bertz CT molecular complexity index is 1420. The Kier molecular flexibility index (Phi) is 6.98. The third kappa shape index (κ3) is 4.66. The van der Waals surface area contributed by atoms with Gasteiger partial charge in [-0.05, 0) is 12.1 Å². The molecule has 8 nitrogen and oxygen atoms in total. The van der Waals surface area contributed by atoms with Crippen LogP contribution in [0.15, 0.2) is 92.6 Å². The van der Waals surface area contributed by atoms with E-state index in [9.17, 15) is 9.59 Å². The van der Waals surface area contributed by atoms with Gasteiger partial charge in [0.05, 0.1) is 27.3 Å². The number of nitrogens with zero attached hydrogens (tertiary/aromatic N) is 2. The summed E-state index contributed by atoms with van der Waals surface area (Å²) in [5, 5.41) is 9.71. The highest BCUT2D eigenvalue weighted by molar-refractivity contribution is 5.81. The fraction of sp³-hybridized carbons (Fsp3) is 0.154. The van der Waals surface area contributed by atoms with Crippen molar-refractivity contribution in [2.75, 3.05) is 14.2 Å². The second kappa shape index (κ2) is 10.4. The maximum atomic E-state index is 12.9. The van der Waals surface area contributed by atoms with Gasteiger partial charge in [0.15, 0.2) is 0 Å². The molecule has 0 saturated heterocycles. The molecule has 0 amide bonds. The highest BCUT2D eigenvalue weighted by atomic mass is 16.5. The summed E-state index contributed by atoms with van der Waals surface area (Å²) in [5.41, 5.74) is 6.10. The number of benzene rings is 4. The van der Waals surface area contributed by atoms with E-state index in [1.807, 2.05) is 48.5 Å². The van der Waals surface area contributed by atoms with Crippen LogP contribution in [0.1, 0.15) is 11.1 Å². The first-order valence-electron chi connectivity index (χ1n) is 10.7. The van der Waals surface area contributed by atoms with Crippen molar-refractivity contribution in [1.29, 1.82) is 0 Å². The molecule has 172 valence electrons. The Morgan fingerprint density at radius 3 is 1.41 bits per heavy atom. The van der Waals surface area contributed by atoms with Crippen molar-refractivity contribution >= 4 is 10.8 Å². The van der Waals surface area contributed by atoms with Crippen LogP contribution in [0.3, 0.4) is 0 Å². The molecule has 0 atom stereocenters. The third-order valence-corrected chi connectivity index (χ3v) is 5.38. The summed E-state index contributed by atoms with van der Waals surface area (Å²) in [7, 11) is 3.18. The summed E-state index contributed by atoms with van der Waals surface area (Å²) < 4.78 is 10.7. The van der Waals surface area contributed by atoms with Gasteiger partial charge < -0.3 is 20.3 Å². The van der Waals surface area contributed by atoms with Crippen LogP contribution in [-0.2, 0) is 13.1 Å². The zero-order chi connectivity index (χ0) is 23.9. The van der Waals surface area contributed by atoms with Crippen LogP contribution < -0.4 is 41.9 Å². The summed E-state index contributed by atoms with van der Waals surface area (Å²) in [4.78, 5) is 25.8. The van der Waals surface area contributed by atoms with E-state index >= 15 is 0 Å². The van der Waals surface area contributed by atoms with Gasteiger partial charge >= 0.3 is 0 Å².